The number of nitriles is 1. The van der Waals surface area contributed by atoms with Crippen molar-refractivity contribution in [3.8, 4) is 17.6 Å². The van der Waals surface area contributed by atoms with Crippen molar-refractivity contribution in [3.63, 3.8) is 0 Å². The molecule has 0 saturated heterocycles. The number of amides is 1. The molecular weight excluding hydrogens is 394 g/mol. The predicted octanol–water partition coefficient (Wildman–Crippen LogP) is 3.70. The molecule has 0 radical (unpaired) electrons. The lowest BCUT2D eigenvalue weighted by molar-refractivity contribution is -0.113. The van der Waals surface area contributed by atoms with E-state index in [0.717, 1.165) is 5.56 Å². The van der Waals surface area contributed by atoms with E-state index in [4.69, 9.17) is 9.47 Å². The molecule has 8 nitrogen and oxygen atoms in total. The fraction of sp³-hybridized carbons (Fsp3) is 0.174. The molecule has 1 aromatic heterocycles. The summed E-state index contributed by atoms with van der Waals surface area (Å²) in [7, 11) is 3.15. The first-order chi connectivity index (χ1) is 15.1. The Balaban J connectivity index is 1.80. The van der Waals surface area contributed by atoms with Crippen LogP contribution in [0.4, 0.5) is 11.5 Å². The number of aromatic nitrogens is 2. The van der Waals surface area contributed by atoms with Crippen molar-refractivity contribution in [3.05, 3.63) is 77.1 Å². The number of carbonyl (C=O) groups is 1. The predicted molar refractivity (Wildman–Crippen MR) is 116 cm³/mol. The summed E-state index contributed by atoms with van der Waals surface area (Å²) in [6.45, 7) is 1.81. The summed E-state index contributed by atoms with van der Waals surface area (Å²) < 4.78 is 12.3. The highest BCUT2D eigenvalue weighted by molar-refractivity contribution is 6.06. The maximum atomic E-state index is 13.4. The van der Waals surface area contributed by atoms with Crippen molar-refractivity contribution in [1.29, 1.82) is 5.26 Å². The van der Waals surface area contributed by atoms with Crippen molar-refractivity contribution in [1.82, 2.24) is 9.78 Å². The number of anilines is 2. The van der Waals surface area contributed by atoms with Crippen LogP contribution in [0.25, 0.3) is 0 Å². The number of carbonyl (C=O) groups excluding carboxylic acids is 1. The van der Waals surface area contributed by atoms with Gasteiger partial charge in [0.25, 0.3) is 5.91 Å². The van der Waals surface area contributed by atoms with Crippen LogP contribution < -0.4 is 20.1 Å². The third kappa shape index (κ3) is 3.57. The van der Waals surface area contributed by atoms with E-state index >= 15 is 0 Å². The van der Waals surface area contributed by atoms with Gasteiger partial charge in [-0.15, -0.1) is 0 Å². The Bertz CT molecular complexity index is 1200. The number of para-hydroxylation sites is 2. The van der Waals surface area contributed by atoms with Gasteiger partial charge in [-0.3, -0.25) is 4.79 Å². The van der Waals surface area contributed by atoms with Crippen molar-refractivity contribution >= 4 is 17.4 Å². The van der Waals surface area contributed by atoms with Gasteiger partial charge in [-0.1, -0.05) is 24.3 Å². The second-order valence-corrected chi connectivity index (χ2v) is 6.96. The van der Waals surface area contributed by atoms with Gasteiger partial charge in [-0.05, 0) is 36.8 Å². The number of hydrogen-bond acceptors (Lipinski definition) is 6. The molecule has 0 aliphatic carbocycles. The standard InChI is InChI=1S/C23H21N5O3/c1-14-20(23(29)27-18-6-4-5-7-19(18)31-3)21(15-8-10-17(30-2)11-9-15)28-22(26-14)16(12-24)13-25-28/h4-11,13,21,26H,1-3H3,(H,27,29). The topological polar surface area (TPSA) is 101 Å². The number of rotatable bonds is 5. The van der Waals surface area contributed by atoms with Crippen molar-refractivity contribution in [2.45, 2.75) is 13.0 Å². The van der Waals surface area contributed by atoms with Crippen LogP contribution in [0.15, 0.2) is 66.0 Å². The lowest BCUT2D eigenvalue weighted by atomic mass is 9.94. The van der Waals surface area contributed by atoms with Crippen molar-refractivity contribution in [2.24, 2.45) is 0 Å². The minimum absolute atomic E-state index is 0.296. The molecule has 2 aromatic carbocycles. The summed E-state index contributed by atoms with van der Waals surface area (Å²) in [5.41, 5.74) is 2.92. The maximum Gasteiger partial charge on any atom is 0.255 e. The number of allylic oxidation sites excluding steroid dienone is 1. The van der Waals surface area contributed by atoms with Crippen LogP contribution in [-0.2, 0) is 4.79 Å². The van der Waals surface area contributed by atoms with Crippen LogP contribution in [0, 0.1) is 11.3 Å². The van der Waals surface area contributed by atoms with Gasteiger partial charge in [-0.2, -0.15) is 10.4 Å². The van der Waals surface area contributed by atoms with E-state index in [2.05, 4.69) is 21.8 Å². The van der Waals surface area contributed by atoms with Crippen LogP contribution in [0.2, 0.25) is 0 Å². The Labute approximate surface area is 179 Å². The molecule has 3 aromatic rings. The summed E-state index contributed by atoms with van der Waals surface area (Å²) >= 11 is 0. The molecule has 8 heteroatoms. The molecular formula is C23H21N5O3. The number of benzene rings is 2. The van der Waals surface area contributed by atoms with Gasteiger partial charge in [0.2, 0.25) is 0 Å². The summed E-state index contributed by atoms with van der Waals surface area (Å²) in [6.07, 6.45) is 1.49. The summed E-state index contributed by atoms with van der Waals surface area (Å²) in [6, 6.07) is 16.3. The Kier molecular flexibility index (Phi) is 5.33. The first-order valence-corrected chi connectivity index (χ1v) is 9.61. The van der Waals surface area contributed by atoms with E-state index in [1.165, 1.54) is 6.20 Å². The molecule has 1 atom stereocenters. The van der Waals surface area contributed by atoms with Crippen molar-refractivity contribution in [2.75, 3.05) is 24.9 Å². The largest absolute Gasteiger partial charge is 0.497 e. The number of hydrogen-bond donors (Lipinski definition) is 2. The average Bonchev–Trinajstić information content (AvgIpc) is 3.21. The van der Waals surface area contributed by atoms with Gasteiger partial charge in [0.15, 0.2) is 0 Å². The minimum Gasteiger partial charge on any atom is -0.497 e. The zero-order chi connectivity index (χ0) is 22.0. The molecule has 0 bridgehead atoms. The van der Waals surface area contributed by atoms with E-state index in [-0.39, 0.29) is 5.91 Å². The van der Waals surface area contributed by atoms with Gasteiger partial charge in [-0.25, -0.2) is 4.68 Å². The number of nitrogens with zero attached hydrogens (tertiary/aromatic N) is 3. The molecule has 31 heavy (non-hydrogen) atoms. The van der Waals surface area contributed by atoms with E-state index in [1.54, 1.807) is 31.0 Å². The van der Waals surface area contributed by atoms with Crippen LogP contribution in [0.5, 0.6) is 11.5 Å². The van der Waals surface area contributed by atoms with Crippen LogP contribution in [0.1, 0.15) is 24.1 Å². The highest BCUT2D eigenvalue weighted by atomic mass is 16.5. The van der Waals surface area contributed by atoms with E-state index in [1.807, 2.05) is 43.3 Å². The molecule has 1 amide bonds. The normalized spacial score (nSPS) is 14.8. The second kappa shape index (κ2) is 8.24. The number of nitrogens with one attached hydrogen (secondary N) is 2. The van der Waals surface area contributed by atoms with Gasteiger partial charge in [0.1, 0.15) is 35.0 Å². The third-order valence-corrected chi connectivity index (χ3v) is 5.18. The zero-order valence-corrected chi connectivity index (χ0v) is 17.3. The molecule has 2 N–H and O–H groups in total. The Morgan fingerprint density at radius 1 is 1.16 bits per heavy atom. The van der Waals surface area contributed by atoms with Crippen LogP contribution in [0.3, 0.4) is 0 Å². The molecule has 0 spiro atoms. The molecule has 2 heterocycles. The Hall–Kier alpha value is -4.25. The third-order valence-electron chi connectivity index (χ3n) is 5.18. The molecule has 0 fully saturated rings. The van der Waals surface area contributed by atoms with Crippen molar-refractivity contribution < 1.29 is 14.3 Å². The lowest BCUT2D eigenvalue weighted by Gasteiger charge is -2.30. The van der Waals surface area contributed by atoms with E-state index in [9.17, 15) is 10.1 Å². The Morgan fingerprint density at radius 2 is 1.90 bits per heavy atom. The van der Waals surface area contributed by atoms with Gasteiger partial charge < -0.3 is 20.1 Å². The number of ether oxygens (including phenoxy) is 2. The minimum atomic E-state index is -0.529. The average molecular weight is 415 g/mol. The smallest absolute Gasteiger partial charge is 0.255 e. The first-order valence-electron chi connectivity index (χ1n) is 9.61. The first kappa shape index (κ1) is 20.0. The summed E-state index contributed by atoms with van der Waals surface area (Å²) in [5, 5.41) is 20.0. The Morgan fingerprint density at radius 3 is 2.58 bits per heavy atom. The summed E-state index contributed by atoms with van der Waals surface area (Å²) in [4.78, 5) is 13.4. The fourth-order valence-corrected chi connectivity index (χ4v) is 3.66. The second-order valence-electron chi connectivity index (χ2n) is 6.96. The van der Waals surface area contributed by atoms with E-state index in [0.29, 0.717) is 39.8 Å². The highest BCUT2D eigenvalue weighted by Gasteiger charge is 2.34. The van der Waals surface area contributed by atoms with Gasteiger partial charge >= 0.3 is 0 Å². The fourth-order valence-electron chi connectivity index (χ4n) is 3.66. The van der Waals surface area contributed by atoms with Crippen LogP contribution >= 0.6 is 0 Å². The monoisotopic (exact) mass is 415 g/mol. The molecule has 1 aliphatic rings. The molecule has 156 valence electrons. The number of methoxy groups -OCH3 is 2. The quantitative estimate of drug-likeness (QED) is 0.659. The molecule has 4 rings (SSSR count). The van der Waals surface area contributed by atoms with Gasteiger partial charge in [0.05, 0.1) is 31.7 Å². The van der Waals surface area contributed by atoms with E-state index < -0.39 is 6.04 Å². The van der Waals surface area contributed by atoms with Crippen LogP contribution in [-0.4, -0.2) is 29.9 Å². The maximum absolute atomic E-state index is 13.4. The zero-order valence-electron chi connectivity index (χ0n) is 17.3. The highest BCUT2D eigenvalue weighted by Crippen LogP contribution is 2.38. The number of fused-ring (bicyclic) bond motifs is 1. The lowest BCUT2D eigenvalue weighted by Crippen LogP contribution is -2.31. The SMILES string of the molecule is COc1ccc(C2C(C(=O)Nc3ccccc3OC)=C(C)Nc3c(C#N)cnn32)cc1. The molecule has 1 unspecified atom stereocenters. The molecule has 0 saturated carbocycles. The molecule has 1 aliphatic heterocycles. The summed E-state index contributed by atoms with van der Waals surface area (Å²) in [5.74, 6) is 1.52. The van der Waals surface area contributed by atoms with Gasteiger partial charge in [0, 0.05) is 5.70 Å².